The van der Waals surface area contributed by atoms with Crippen molar-refractivity contribution in [3.05, 3.63) is 53.6 Å². The first-order valence-corrected chi connectivity index (χ1v) is 9.47. The molecule has 9 heteroatoms. The van der Waals surface area contributed by atoms with Crippen molar-refractivity contribution in [1.82, 2.24) is 25.2 Å². The molecule has 0 spiro atoms. The van der Waals surface area contributed by atoms with Gasteiger partial charge in [0.25, 0.3) is 0 Å². The fraction of sp³-hybridized carbons (Fsp3) is 0.118. The zero-order chi connectivity index (χ0) is 18.1. The predicted octanol–water partition coefficient (Wildman–Crippen LogP) is 3.68. The number of para-hydroxylation sites is 1. The monoisotopic (exact) mass is 383 g/mol. The summed E-state index contributed by atoms with van der Waals surface area (Å²) < 4.78 is 1.56. The Morgan fingerprint density at radius 2 is 2.12 bits per heavy atom. The van der Waals surface area contributed by atoms with Gasteiger partial charge in [-0.25, -0.2) is 9.78 Å². The van der Waals surface area contributed by atoms with E-state index in [1.54, 1.807) is 18.2 Å². The first kappa shape index (κ1) is 16.7. The van der Waals surface area contributed by atoms with E-state index in [9.17, 15) is 4.79 Å². The molecular weight excluding hydrogens is 370 g/mol. The summed E-state index contributed by atoms with van der Waals surface area (Å²) in [7, 11) is 0. The molecule has 0 aliphatic rings. The highest BCUT2D eigenvalue weighted by Gasteiger charge is 2.13. The number of carbonyl (C=O) groups is 1. The molecule has 26 heavy (non-hydrogen) atoms. The zero-order valence-electron chi connectivity index (χ0n) is 13.7. The summed E-state index contributed by atoms with van der Waals surface area (Å²) in [5, 5.41) is 22.2. The molecule has 7 nitrogen and oxygen atoms in total. The molecule has 0 radical (unpaired) electrons. The topological polar surface area (TPSA) is 93.8 Å². The molecular formula is C17H13N5O2S2. The minimum Gasteiger partial charge on any atom is -0.478 e. The number of aryl methyl sites for hydroxylation is 1. The van der Waals surface area contributed by atoms with Crippen molar-refractivity contribution in [1.29, 1.82) is 0 Å². The van der Waals surface area contributed by atoms with Crippen LogP contribution in [0.15, 0.2) is 52.0 Å². The van der Waals surface area contributed by atoms with Gasteiger partial charge in [0.05, 0.1) is 21.5 Å². The van der Waals surface area contributed by atoms with Gasteiger partial charge in [-0.05, 0) is 53.2 Å². The summed E-state index contributed by atoms with van der Waals surface area (Å²) >= 11 is 2.72. The number of hydrogen-bond acceptors (Lipinski definition) is 7. The lowest BCUT2D eigenvalue weighted by molar-refractivity contribution is 0.0697. The molecule has 0 fully saturated rings. The Morgan fingerprint density at radius 3 is 2.92 bits per heavy atom. The Morgan fingerprint density at radius 1 is 1.27 bits per heavy atom. The molecule has 2 aromatic carbocycles. The van der Waals surface area contributed by atoms with Crippen LogP contribution in [0.4, 0.5) is 0 Å². The van der Waals surface area contributed by atoms with Gasteiger partial charge < -0.3 is 5.11 Å². The number of benzene rings is 2. The van der Waals surface area contributed by atoms with Crippen molar-refractivity contribution >= 4 is 39.3 Å². The van der Waals surface area contributed by atoms with Gasteiger partial charge in [-0.3, -0.25) is 0 Å². The lowest BCUT2D eigenvalue weighted by Gasteiger charge is -2.04. The maximum atomic E-state index is 11.1. The third-order valence-corrected chi connectivity index (χ3v) is 5.70. The molecule has 0 amide bonds. The summed E-state index contributed by atoms with van der Waals surface area (Å²) in [6.45, 7) is 2.08. The van der Waals surface area contributed by atoms with Crippen LogP contribution in [0.1, 0.15) is 22.8 Å². The van der Waals surface area contributed by atoms with Crippen molar-refractivity contribution < 1.29 is 9.90 Å². The van der Waals surface area contributed by atoms with Crippen molar-refractivity contribution in [2.75, 3.05) is 0 Å². The Labute approximate surface area is 156 Å². The number of nitrogens with zero attached hydrogens (tertiary/aromatic N) is 5. The van der Waals surface area contributed by atoms with Crippen LogP contribution in [-0.2, 0) is 6.42 Å². The highest BCUT2D eigenvalue weighted by Crippen LogP contribution is 2.33. The number of carboxylic acids is 1. The smallest absolute Gasteiger partial charge is 0.335 e. The van der Waals surface area contributed by atoms with Crippen LogP contribution in [0.25, 0.3) is 15.9 Å². The third-order valence-electron chi connectivity index (χ3n) is 3.78. The van der Waals surface area contributed by atoms with Crippen LogP contribution in [0.5, 0.6) is 0 Å². The molecule has 130 valence electrons. The average Bonchev–Trinajstić information content (AvgIpc) is 3.27. The quantitative estimate of drug-likeness (QED) is 0.562. The normalized spacial score (nSPS) is 11.1. The molecule has 0 aliphatic carbocycles. The average molecular weight is 383 g/mol. The highest BCUT2D eigenvalue weighted by molar-refractivity contribution is 8.01. The van der Waals surface area contributed by atoms with Gasteiger partial charge >= 0.3 is 5.97 Å². The number of hydrogen-bond donors (Lipinski definition) is 1. The second-order valence-electron chi connectivity index (χ2n) is 5.41. The molecule has 0 atom stereocenters. The van der Waals surface area contributed by atoms with Crippen LogP contribution >= 0.6 is 23.1 Å². The molecule has 0 saturated carbocycles. The molecule has 4 rings (SSSR count). The van der Waals surface area contributed by atoms with E-state index in [2.05, 4.69) is 27.3 Å². The van der Waals surface area contributed by atoms with Gasteiger partial charge in [-0.2, -0.15) is 0 Å². The van der Waals surface area contributed by atoms with Crippen molar-refractivity contribution in [2.24, 2.45) is 0 Å². The number of aromatic carboxylic acids is 1. The lowest BCUT2D eigenvalue weighted by Crippen LogP contribution is -2.02. The summed E-state index contributed by atoms with van der Waals surface area (Å²) in [6.07, 6.45) is 0.879. The van der Waals surface area contributed by atoms with Gasteiger partial charge in [0.15, 0.2) is 4.34 Å². The molecule has 2 aromatic heterocycles. The van der Waals surface area contributed by atoms with E-state index in [-0.39, 0.29) is 5.56 Å². The molecule has 1 N–H and O–H groups in total. The first-order chi connectivity index (χ1) is 12.6. The van der Waals surface area contributed by atoms with Gasteiger partial charge in [0, 0.05) is 0 Å². The van der Waals surface area contributed by atoms with Gasteiger partial charge in [-0.1, -0.05) is 25.1 Å². The van der Waals surface area contributed by atoms with Crippen LogP contribution in [0.2, 0.25) is 0 Å². The number of carboxylic acid groups (broad SMARTS) is 1. The van der Waals surface area contributed by atoms with Gasteiger partial charge in [-0.15, -0.1) is 26.3 Å². The van der Waals surface area contributed by atoms with E-state index in [1.165, 1.54) is 27.9 Å². The summed E-state index contributed by atoms with van der Waals surface area (Å²) in [4.78, 5) is 17.1. The molecule has 0 aliphatic heterocycles. The summed E-state index contributed by atoms with van der Waals surface area (Å²) in [5.41, 5.74) is 3.05. The summed E-state index contributed by atoms with van der Waals surface area (Å²) in [5.74, 6) is -0.950. The fourth-order valence-corrected chi connectivity index (χ4v) is 4.40. The second kappa shape index (κ2) is 6.85. The number of aromatic nitrogens is 5. The number of thiazole rings is 1. The first-order valence-electron chi connectivity index (χ1n) is 7.84. The molecule has 2 heterocycles. The van der Waals surface area contributed by atoms with Crippen molar-refractivity contribution in [3.63, 3.8) is 0 Å². The molecule has 0 saturated heterocycles. The van der Waals surface area contributed by atoms with Gasteiger partial charge in [0.1, 0.15) is 0 Å². The van der Waals surface area contributed by atoms with E-state index in [1.807, 2.05) is 24.3 Å². The Balaban J connectivity index is 1.61. The number of rotatable bonds is 5. The minimum atomic E-state index is -0.950. The highest BCUT2D eigenvalue weighted by atomic mass is 32.2. The number of fused-ring (bicyclic) bond motifs is 1. The molecule has 0 unspecified atom stereocenters. The fourth-order valence-electron chi connectivity index (χ4n) is 2.51. The third kappa shape index (κ3) is 3.18. The van der Waals surface area contributed by atoms with Crippen LogP contribution in [0.3, 0.4) is 0 Å². The summed E-state index contributed by atoms with van der Waals surface area (Å²) in [6, 6.07) is 12.8. The van der Waals surface area contributed by atoms with Crippen LogP contribution in [-0.4, -0.2) is 36.3 Å². The maximum absolute atomic E-state index is 11.1. The van der Waals surface area contributed by atoms with Crippen LogP contribution < -0.4 is 0 Å². The van der Waals surface area contributed by atoms with Crippen molar-refractivity contribution in [3.8, 4) is 5.69 Å². The van der Waals surface area contributed by atoms with Crippen molar-refractivity contribution in [2.45, 2.75) is 22.8 Å². The SMILES string of the molecule is CCc1ccccc1-n1nnc(Sc2nc3ccc(C(=O)O)cc3s2)n1. The second-order valence-corrected chi connectivity index (χ2v) is 7.66. The molecule has 4 aromatic rings. The van der Waals surface area contributed by atoms with E-state index in [0.717, 1.165) is 32.2 Å². The van der Waals surface area contributed by atoms with E-state index in [4.69, 9.17) is 5.11 Å². The van der Waals surface area contributed by atoms with E-state index in [0.29, 0.717) is 5.16 Å². The van der Waals surface area contributed by atoms with Crippen LogP contribution in [0, 0.1) is 0 Å². The van der Waals surface area contributed by atoms with Gasteiger partial charge in [0.2, 0.25) is 5.16 Å². The largest absolute Gasteiger partial charge is 0.478 e. The standard InChI is InChI=1S/C17H13N5O2S2/c1-2-10-5-3-4-6-13(10)22-20-16(19-21-22)26-17-18-12-8-7-11(15(23)24)9-14(12)25-17/h3-9H,2H2,1H3,(H,23,24). The predicted molar refractivity (Wildman–Crippen MR) is 99.2 cm³/mol. The Kier molecular flexibility index (Phi) is 4.39. The lowest BCUT2D eigenvalue weighted by atomic mass is 10.1. The number of tetrazole rings is 1. The molecule has 0 bridgehead atoms. The minimum absolute atomic E-state index is 0.248. The Hall–Kier alpha value is -2.78. The Bertz CT molecular complexity index is 1110. The zero-order valence-corrected chi connectivity index (χ0v) is 15.3. The van der Waals surface area contributed by atoms with E-state index < -0.39 is 5.97 Å². The maximum Gasteiger partial charge on any atom is 0.335 e. The van der Waals surface area contributed by atoms with E-state index >= 15 is 0 Å².